The van der Waals surface area contributed by atoms with Gasteiger partial charge >= 0.3 is 0 Å². The summed E-state index contributed by atoms with van der Waals surface area (Å²) in [6.45, 7) is 3.80. The Morgan fingerprint density at radius 2 is 1.67 bits per heavy atom. The zero-order valence-corrected chi connectivity index (χ0v) is 14.2. The van der Waals surface area contributed by atoms with Gasteiger partial charge in [0.2, 0.25) is 5.95 Å². The van der Waals surface area contributed by atoms with Gasteiger partial charge < -0.3 is 10.2 Å². The number of nitrogens with zero attached hydrogens (tertiary/aromatic N) is 3. The van der Waals surface area contributed by atoms with Gasteiger partial charge in [-0.1, -0.05) is 31.9 Å². The number of carbonyl (C=O) groups excluding carboxylic acids is 1. The molecule has 0 saturated carbocycles. The Labute approximate surface area is 143 Å². The Morgan fingerprint density at radius 3 is 2.25 bits per heavy atom. The highest BCUT2D eigenvalue weighted by molar-refractivity contribution is 5.93. The van der Waals surface area contributed by atoms with Crippen molar-refractivity contribution in [3.8, 4) is 0 Å². The third-order valence-corrected chi connectivity index (χ3v) is 4.41. The number of aromatic nitrogens is 2. The molecule has 1 aliphatic rings. The summed E-state index contributed by atoms with van der Waals surface area (Å²) in [5.74, 6) is 0.544. The summed E-state index contributed by atoms with van der Waals surface area (Å²) in [6.07, 6.45) is 8.83. The molecule has 126 valence electrons. The van der Waals surface area contributed by atoms with Gasteiger partial charge in [-0.2, -0.15) is 0 Å². The summed E-state index contributed by atoms with van der Waals surface area (Å²) in [5, 5.41) is 3.16. The minimum atomic E-state index is 0.0377. The standard InChI is InChI=1S/C19H24N4O/c1-2-15-7-9-17(10-8-15)22-19-20-13-16(14-21-19)18(24)23-11-5-3-4-6-12-23/h7-10,13-14H,2-6,11-12H2,1H3,(H,20,21,22). The minimum Gasteiger partial charge on any atom is -0.339 e. The van der Waals surface area contributed by atoms with Crippen molar-refractivity contribution >= 4 is 17.5 Å². The van der Waals surface area contributed by atoms with E-state index in [0.29, 0.717) is 11.5 Å². The second-order valence-corrected chi connectivity index (χ2v) is 6.18. The molecular formula is C19H24N4O. The Balaban J connectivity index is 1.64. The minimum absolute atomic E-state index is 0.0377. The fourth-order valence-corrected chi connectivity index (χ4v) is 2.91. The molecular weight excluding hydrogens is 300 g/mol. The lowest BCUT2D eigenvalue weighted by molar-refractivity contribution is 0.0761. The molecule has 5 heteroatoms. The lowest BCUT2D eigenvalue weighted by Crippen LogP contribution is -2.32. The molecule has 1 fully saturated rings. The smallest absolute Gasteiger partial charge is 0.256 e. The van der Waals surface area contributed by atoms with E-state index in [-0.39, 0.29) is 5.91 Å². The molecule has 3 rings (SSSR count). The van der Waals surface area contributed by atoms with Crippen LogP contribution in [0, 0.1) is 0 Å². The molecule has 1 aromatic carbocycles. The second kappa shape index (κ2) is 7.90. The molecule has 0 bridgehead atoms. The van der Waals surface area contributed by atoms with Gasteiger partial charge in [0, 0.05) is 31.2 Å². The Kier molecular flexibility index (Phi) is 5.41. The molecule has 0 atom stereocenters. The molecule has 1 aromatic heterocycles. The van der Waals surface area contributed by atoms with Crippen LogP contribution in [-0.4, -0.2) is 33.9 Å². The molecule has 1 saturated heterocycles. The lowest BCUT2D eigenvalue weighted by atomic mass is 10.1. The van der Waals surface area contributed by atoms with E-state index in [1.54, 1.807) is 12.4 Å². The van der Waals surface area contributed by atoms with Crippen LogP contribution >= 0.6 is 0 Å². The number of carbonyl (C=O) groups is 1. The number of aryl methyl sites for hydroxylation is 1. The highest BCUT2D eigenvalue weighted by Crippen LogP contribution is 2.16. The third kappa shape index (κ3) is 4.10. The first-order chi connectivity index (χ1) is 11.8. The van der Waals surface area contributed by atoms with Crippen LogP contribution < -0.4 is 5.32 Å². The van der Waals surface area contributed by atoms with Crippen molar-refractivity contribution in [1.82, 2.24) is 14.9 Å². The highest BCUT2D eigenvalue weighted by atomic mass is 16.2. The molecule has 1 amide bonds. The fraction of sp³-hybridized carbons (Fsp3) is 0.421. The first kappa shape index (κ1) is 16.4. The number of nitrogens with one attached hydrogen (secondary N) is 1. The van der Waals surface area contributed by atoms with Crippen LogP contribution in [0.25, 0.3) is 0 Å². The molecule has 5 nitrogen and oxygen atoms in total. The quantitative estimate of drug-likeness (QED) is 0.929. The van der Waals surface area contributed by atoms with Crippen molar-refractivity contribution in [1.29, 1.82) is 0 Å². The van der Waals surface area contributed by atoms with Gasteiger partial charge in [0.1, 0.15) is 0 Å². The third-order valence-electron chi connectivity index (χ3n) is 4.41. The van der Waals surface area contributed by atoms with Crippen molar-refractivity contribution in [2.45, 2.75) is 39.0 Å². The van der Waals surface area contributed by atoms with E-state index in [0.717, 1.165) is 38.0 Å². The van der Waals surface area contributed by atoms with Crippen LogP contribution in [0.15, 0.2) is 36.7 Å². The van der Waals surface area contributed by atoms with E-state index in [4.69, 9.17) is 0 Å². The SMILES string of the molecule is CCc1ccc(Nc2ncc(C(=O)N3CCCCCC3)cn2)cc1. The molecule has 2 aromatic rings. The topological polar surface area (TPSA) is 58.1 Å². The molecule has 1 aliphatic heterocycles. The van der Waals surface area contributed by atoms with Gasteiger partial charge in [-0.15, -0.1) is 0 Å². The summed E-state index contributed by atoms with van der Waals surface area (Å²) in [6, 6.07) is 8.19. The van der Waals surface area contributed by atoms with Crippen LogP contribution in [0.3, 0.4) is 0 Å². The van der Waals surface area contributed by atoms with Crippen molar-refractivity contribution in [3.63, 3.8) is 0 Å². The Morgan fingerprint density at radius 1 is 1.04 bits per heavy atom. The Hall–Kier alpha value is -2.43. The molecule has 0 radical (unpaired) electrons. The van der Waals surface area contributed by atoms with E-state index < -0.39 is 0 Å². The maximum Gasteiger partial charge on any atom is 0.256 e. The zero-order valence-electron chi connectivity index (χ0n) is 14.2. The molecule has 24 heavy (non-hydrogen) atoms. The van der Waals surface area contributed by atoms with E-state index in [2.05, 4.69) is 34.3 Å². The van der Waals surface area contributed by atoms with Gasteiger partial charge in [0.15, 0.2) is 0 Å². The van der Waals surface area contributed by atoms with Crippen LogP contribution in [0.5, 0.6) is 0 Å². The first-order valence-electron chi connectivity index (χ1n) is 8.73. The van der Waals surface area contributed by atoms with E-state index in [9.17, 15) is 4.79 Å². The maximum absolute atomic E-state index is 12.5. The number of hydrogen-bond donors (Lipinski definition) is 1. The maximum atomic E-state index is 12.5. The highest BCUT2D eigenvalue weighted by Gasteiger charge is 2.17. The van der Waals surface area contributed by atoms with Gasteiger partial charge in [-0.05, 0) is 37.0 Å². The number of rotatable bonds is 4. The van der Waals surface area contributed by atoms with Crippen molar-refractivity contribution in [3.05, 3.63) is 47.8 Å². The number of likely N-dealkylation sites (tertiary alicyclic amines) is 1. The number of amides is 1. The number of hydrogen-bond acceptors (Lipinski definition) is 4. The summed E-state index contributed by atoms with van der Waals surface area (Å²) in [7, 11) is 0. The van der Waals surface area contributed by atoms with Gasteiger partial charge in [0.25, 0.3) is 5.91 Å². The van der Waals surface area contributed by atoms with Crippen molar-refractivity contribution < 1.29 is 4.79 Å². The van der Waals surface area contributed by atoms with Crippen LogP contribution in [0.1, 0.15) is 48.5 Å². The van der Waals surface area contributed by atoms with Crippen LogP contribution in [0.2, 0.25) is 0 Å². The zero-order chi connectivity index (χ0) is 16.8. The first-order valence-corrected chi connectivity index (χ1v) is 8.73. The van der Waals surface area contributed by atoms with Gasteiger partial charge in [0.05, 0.1) is 5.56 Å². The fourth-order valence-electron chi connectivity index (χ4n) is 2.91. The van der Waals surface area contributed by atoms with Crippen LogP contribution in [-0.2, 0) is 6.42 Å². The molecule has 0 spiro atoms. The van der Waals surface area contributed by atoms with Crippen molar-refractivity contribution in [2.75, 3.05) is 18.4 Å². The van der Waals surface area contributed by atoms with Crippen molar-refractivity contribution in [2.24, 2.45) is 0 Å². The molecule has 0 aliphatic carbocycles. The average molecular weight is 324 g/mol. The largest absolute Gasteiger partial charge is 0.339 e. The summed E-state index contributed by atoms with van der Waals surface area (Å²) in [4.78, 5) is 23.0. The second-order valence-electron chi connectivity index (χ2n) is 6.18. The lowest BCUT2D eigenvalue weighted by Gasteiger charge is -2.19. The predicted octanol–water partition coefficient (Wildman–Crippen LogP) is 3.80. The summed E-state index contributed by atoms with van der Waals surface area (Å²) in [5.41, 5.74) is 2.79. The summed E-state index contributed by atoms with van der Waals surface area (Å²) >= 11 is 0. The number of anilines is 2. The normalized spacial score (nSPS) is 15.0. The molecule has 0 unspecified atom stereocenters. The van der Waals surface area contributed by atoms with E-state index >= 15 is 0 Å². The van der Waals surface area contributed by atoms with E-state index in [1.807, 2.05) is 17.0 Å². The van der Waals surface area contributed by atoms with Gasteiger partial charge in [-0.3, -0.25) is 4.79 Å². The Bertz CT molecular complexity index is 659. The monoisotopic (exact) mass is 324 g/mol. The van der Waals surface area contributed by atoms with Gasteiger partial charge in [-0.25, -0.2) is 9.97 Å². The number of benzene rings is 1. The average Bonchev–Trinajstić information content (AvgIpc) is 2.92. The molecule has 1 N–H and O–H groups in total. The summed E-state index contributed by atoms with van der Waals surface area (Å²) < 4.78 is 0. The van der Waals surface area contributed by atoms with E-state index in [1.165, 1.54) is 18.4 Å². The molecule has 2 heterocycles. The van der Waals surface area contributed by atoms with Crippen LogP contribution in [0.4, 0.5) is 11.6 Å². The predicted molar refractivity (Wildman–Crippen MR) is 95.5 cm³/mol.